The van der Waals surface area contributed by atoms with Crippen molar-refractivity contribution in [2.75, 3.05) is 19.8 Å². The number of aliphatic hydroxyl groups is 2. The van der Waals surface area contributed by atoms with Crippen molar-refractivity contribution < 1.29 is 34.2 Å². The lowest BCUT2D eigenvalue weighted by atomic mass is 9.56. The summed E-state index contributed by atoms with van der Waals surface area (Å²) < 4.78 is 21.0. The van der Waals surface area contributed by atoms with E-state index in [4.69, 9.17) is 24.2 Å². The fourth-order valence-electron chi connectivity index (χ4n) is 9.58. The van der Waals surface area contributed by atoms with Gasteiger partial charge in [-0.2, -0.15) is 0 Å². The van der Waals surface area contributed by atoms with Crippen LogP contribution in [0, 0.1) is 41.7 Å². The van der Waals surface area contributed by atoms with Crippen LogP contribution in [0.1, 0.15) is 98.8 Å². The minimum absolute atomic E-state index is 0.0317. The number of ether oxygens (including phenoxy) is 3. The number of thioether (sulfide) groups is 1. The second-order valence-corrected chi connectivity index (χ2v) is 17.8. The molecule has 2 saturated carbocycles. The lowest BCUT2D eigenvalue weighted by Crippen LogP contribution is -2.64. The van der Waals surface area contributed by atoms with Crippen molar-refractivity contribution in [3.05, 3.63) is 117 Å². The smallest absolute Gasteiger partial charge is 0.269 e. The Balaban J connectivity index is 1.36. The molecule has 3 aliphatic carbocycles. The van der Waals surface area contributed by atoms with Crippen LogP contribution in [0.25, 0.3) is 0 Å². The SMILES string of the molecule is C=CCO[C@@]12Oc3ccc(Oc4ccc(C)c(C)c4)cc3[C@H]3[C@H](CCCCO)[C@@H](CCCCO)C=C(C(=NOCc4ccc([N+](=O)[O-])cc4)C[C@@H]1SC1CCCC1)[C@H]32. The number of rotatable bonds is 19. The number of aliphatic hydroxyl groups excluding tert-OH is 2. The normalized spacial score (nSPS) is 25.7. The molecule has 3 aromatic carbocycles. The molecule has 0 aromatic heterocycles. The van der Waals surface area contributed by atoms with Gasteiger partial charge in [0, 0.05) is 48.5 Å². The number of hydrogen-bond donors (Lipinski definition) is 2. The fraction of sp³-hybridized carbons (Fsp3) is 0.511. The van der Waals surface area contributed by atoms with E-state index >= 15 is 0 Å². The number of nitrogens with zero attached hydrogens (tertiary/aromatic N) is 2. The van der Waals surface area contributed by atoms with Crippen molar-refractivity contribution in [2.45, 2.75) is 113 Å². The lowest BCUT2D eigenvalue weighted by molar-refractivity contribution is -0.384. The lowest BCUT2D eigenvalue weighted by Gasteiger charge is -2.58. The predicted octanol–water partition coefficient (Wildman–Crippen LogP) is 10.5. The second kappa shape index (κ2) is 19.3. The highest BCUT2D eigenvalue weighted by Gasteiger charge is 2.64. The highest BCUT2D eigenvalue weighted by molar-refractivity contribution is 8.00. The maximum Gasteiger partial charge on any atom is 0.269 e. The predicted molar refractivity (Wildman–Crippen MR) is 229 cm³/mol. The van der Waals surface area contributed by atoms with Crippen LogP contribution >= 0.6 is 11.8 Å². The molecule has 310 valence electrons. The molecule has 4 aliphatic rings. The third kappa shape index (κ3) is 9.18. The zero-order valence-corrected chi connectivity index (χ0v) is 34.7. The van der Waals surface area contributed by atoms with Crippen LogP contribution in [0.2, 0.25) is 0 Å². The van der Waals surface area contributed by atoms with Gasteiger partial charge in [-0.1, -0.05) is 49.1 Å². The molecule has 10 nitrogen and oxygen atoms in total. The topological polar surface area (TPSA) is 133 Å². The number of nitro benzene ring substituents is 1. The van der Waals surface area contributed by atoms with Crippen LogP contribution in [0.4, 0.5) is 5.69 Å². The van der Waals surface area contributed by atoms with Gasteiger partial charge in [0.2, 0.25) is 5.79 Å². The molecule has 6 atom stereocenters. The monoisotopic (exact) mass is 810 g/mol. The Morgan fingerprint density at radius 1 is 0.966 bits per heavy atom. The summed E-state index contributed by atoms with van der Waals surface area (Å²) in [4.78, 5) is 17.1. The van der Waals surface area contributed by atoms with Gasteiger partial charge < -0.3 is 29.3 Å². The molecule has 0 bridgehead atoms. The summed E-state index contributed by atoms with van der Waals surface area (Å²) in [7, 11) is 0. The van der Waals surface area contributed by atoms with Gasteiger partial charge in [0.25, 0.3) is 5.69 Å². The first-order valence-corrected chi connectivity index (χ1v) is 22.0. The molecule has 1 heterocycles. The van der Waals surface area contributed by atoms with Crippen LogP contribution in [-0.2, 0) is 16.2 Å². The van der Waals surface area contributed by atoms with E-state index in [1.54, 1.807) is 18.2 Å². The zero-order chi connectivity index (χ0) is 40.6. The Hall–Kier alpha value is -4.16. The van der Waals surface area contributed by atoms with Gasteiger partial charge in [0.1, 0.15) is 23.9 Å². The van der Waals surface area contributed by atoms with Crippen molar-refractivity contribution in [3.63, 3.8) is 0 Å². The highest BCUT2D eigenvalue weighted by atomic mass is 32.2. The number of hydrogen-bond acceptors (Lipinski definition) is 10. The Morgan fingerprint density at radius 3 is 2.40 bits per heavy atom. The molecule has 0 unspecified atom stereocenters. The molecule has 0 amide bonds. The average molecular weight is 811 g/mol. The van der Waals surface area contributed by atoms with Gasteiger partial charge in [-0.25, -0.2) is 0 Å². The molecule has 2 fully saturated rings. The van der Waals surface area contributed by atoms with Crippen LogP contribution in [-0.4, -0.2) is 57.0 Å². The first-order chi connectivity index (χ1) is 28.2. The molecular weight excluding hydrogens is 753 g/mol. The third-order valence-electron chi connectivity index (χ3n) is 12.5. The van der Waals surface area contributed by atoms with Crippen LogP contribution in [0.3, 0.4) is 0 Å². The van der Waals surface area contributed by atoms with E-state index in [9.17, 15) is 20.3 Å². The fourth-order valence-corrected chi connectivity index (χ4v) is 11.4. The molecule has 58 heavy (non-hydrogen) atoms. The van der Waals surface area contributed by atoms with Crippen molar-refractivity contribution >= 4 is 23.2 Å². The molecule has 2 N–H and O–H groups in total. The first kappa shape index (κ1) is 42.0. The summed E-state index contributed by atoms with van der Waals surface area (Å²) in [6.07, 6.45) is 14.5. The summed E-state index contributed by atoms with van der Waals surface area (Å²) in [5.41, 5.74) is 6.21. The molecule has 0 saturated heterocycles. The standard InChI is InChI=1S/C47H58N2O8S/c1-4-25-54-47-44(58-38-12-5-6-13-38)29-42(48-55-30-33-16-18-35(19-17-33)49(52)53)40-27-34(11-7-9-23-50)39(14-8-10-24-51)45(46(40)47)41-28-37(21-22-43(41)57-47)56-36-20-15-31(2)32(3)26-36/h4,15-22,26-28,34,38-39,44-46,50-51H,1,5-14,23-25,29-30H2,2-3H3/t34-,39+,44-,45+,46+,47+/m0/s1. The minimum atomic E-state index is -1.02. The number of allylic oxidation sites excluding steroid dienone is 1. The Morgan fingerprint density at radius 2 is 1.69 bits per heavy atom. The van der Waals surface area contributed by atoms with Crippen molar-refractivity contribution in [1.29, 1.82) is 0 Å². The maximum absolute atomic E-state index is 11.3. The van der Waals surface area contributed by atoms with E-state index in [0.29, 0.717) is 24.7 Å². The van der Waals surface area contributed by atoms with Crippen LogP contribution in [0.15, 0.2) is 90.1 Å². The molecule has 1 aliphatic heterocycles. The highest BCUT2D eigenvalue weighted by Crippen LogP contribution is 2.63. The van der Waals surface area contributed by atoms with E-state index < -0.39 is 10.7 Å². The molecular formula is C47H58N2O8S. The zero-order valence-electron chi connectivity index (χ0n) is 33.9. The van der Waals surface area contributed by atoms with Gasteiger partial charge in [0.15, 0.2) is 0 Å². The van der Waals surface area contributed by atoms with Crippen molar-refractivity contribution in [3.8, 4) is 17.2 Å². The number of fused-ring (bicyclic) bond motifs is 2. The van der Waals surface area contributed by atoms with Gasteiger partial charge in [-0.05, 0) is 129 Å². The van der Waals surface area contributed by atoms with E-state index in [2.05, 4.69) is 50.8 Å². The van der Waals surface area contributed by atoms with Gasteiger partial charge in [-0.15, -0.1) is 18.3 Å². The largest absolute Gasteiger partial charge is 0.460 e. The van der Waals surface area contributed by atoms with E-state index in [0.717, 1.165) is 90.2 Å². The van der Waals surface area contributed by atoms with Crippen molar-refractivity contribution in [2.24, 2.45) is 22.9 Å². The number of nitro groups is 1. The summed E-state index contributed by atoms with van der Waals surface area (Å²) in [6.45, 7) is 9.02. The second-order valence-electron chi connectivity index (χ2n) is 16.3. The van der Waals surface area contributed by atoms with Crippen LogP contribution in [0.5, 0.6) is 17.2 Å². The summed E-state index contributed by atoms with van der Waals surface area (Å²) in [6, 6.07) is 18.8. The van der Waals surface area contributed by atoms with Gasteiger partial charge in [0.05, 0.1) is 28.4 Å². The molecule has 11 heteroatoms. The number of benzene rings is 3. The summed E-state index contributed by atoms with van der Waals surface area (Å²) in [5, 5.41) is 36.4. The Labute approximate surface area is 346 Å². The molecule has 3 aromatic rings. The molecule has 0 spiro atoms. The minimum Gasteiger partial charge on any atom is -0.460 e. The Kier molecular flexibility index (Phi) is 13.9. The molecule has 0 radical (unpaired) electrons. The van der Waals surface area contributed by atoms with E-state index in [1.807, 2.05) is 23.9 Å². The van der Waals surface area contributed by atoms with E-state index in [-0.39, 0.29) is 54.4 Å². The molecule has 7 rings (SSSR count). The quantitative estimate of drug-likeness (QED) is 0.0525. The van der Waals surface area contributed by atoms with E-state index in [1.165, 1.54) is 30.5 Å². The van der Waals surface area contributed by atoms with Crippen molar-refractivity contribution in [1.82, 2.24) is 0 Å². The maximum atomic E-state index is 11.3. The summed E-state index contributed by atoms with van der Waals surface area (Å²) in [5.74, 6) is 1.35. The van der Waals surface area contributed by atoms with Gasteiger partial charge in [-0.3, -0.25) is 10.1 Å². The number of non-ortho nitro benzene ring substituents is 1. The Bertz CT molecular complexity index is 1960. The van der Waals surface area contributed by atoms with Crippen LogP contribution < -0.4 is 9.47 Å². The van der Waals surface area contributed by atoms with Gasteiger partial charge >= 0.3 is 0 Å². The summed E-state index contributed by atoms with van der Waals surface area (Å²) >= 11 is 1.96. The number of oxime groups is 1. The third-order valence-corrected chi connectivity index (χ3v) is 14.2. The first-order valence-electron chi connectivity index (χ1n) is 21.1. The number of unbranched alkanes of at least 4 members (excludes halogenated alkanes) is 2. The number of aryl methyl sites for hydroxylation is 2. The average Bonchev–Trinajstić information content (AvgIpc) is 3.74.